The summed E-state index contributed by atoms with van der Waals surface area (Å²) in [5.41, 5.74) is 1.09. The van der Waals surface area contributed by atoms with Crippen LogP contribution >= 0.6 is 0 Å². The number of ether oxygens (including phenoxy) is 3. The molecule has 0 fully saturated rings. The molecule has 0 bridgehead atoms. The molecule has 10 heteroatoms. The van der Waals surface area contributed by atoms with Crippen molar-refractivity contribution in [2.45, 2.75) is 25.9 Å². The third-order valence-electron chi connectivity index (χ3n) is 5.46. The number of nitrogens with one attached hydrogen (secondary N) is 1. The van der Waals surface area contributed by atoms with Gasteiger partial charge in [-0.05, 0) is 48.4 Å². The largest absolute Gasteiger partial charge is 0.493 e. The minimum Gasteiger partial charge on any atom is -0.493 e. The number of halogens is 1. The second-order valence-corrected chi connectivity index (χ2v) is 7.91. The lowest BCUT2D eigenvalue weighted by molar-refractivity contribution is -0.121. The summed E-state index contributed by atoms with van der Waals surface area (Å²) in [5, 5.41) is 3.26. The molecule has 9 nitrogen and oxygen atoms in total. The van der Waals surface area contributed by atoms with Crippen LogP contribution in [0.25, 0.3) is 10.9 Å². The lowest BCUT2D eigenvalue weighted by Gasteiger charge is -2.11. The van der Waals surface area contributed by atoms with Crippen LogP contribution in [0, 0.1) is 5.82 Å². The number of carbonyl (C=O) groups excluding carboxylic acids is 1. The van der Waals surface area contributed by atoms with Gasteiger partial charge in [-0.2, -0.15) is 0 Å². The number of hydrogen-bond donors (Lipinski definition) is 1. The van der Waals surface area contributed by atoms with Crippen LogP contribution in [-0.2, 0) is 17.9 Å². The summed E-state index contributed by atoms with van der Waals surface area (Å²) in [4.78, 5) is 33.7. The molecular weight excluding hydrogens is 467 g/mol. The van der Waals surface area contributed by atoms with E-state index in [1.807, 2.05) is 0 Å². The number of hydrogen-bond acceptors (Lipinski definition) is 7. The number of pyridine rings is 1. The van der Waals surface area contributed by atoms with Gasteiger partial charge in [0.05, 0.1) is 31.4 Å². The molecule has 0 saturated heterocycles. The fraction of sp³-hybridized carbons (Fsp3) is 0.231. The number of aromatic nitrogens is 3. The van der Waals surface area contributed by atoms with Crippen molar-refractivity contribution in [1.82, 2.24) is 19.9 Å². The summed E-state index contributed by atoms with van der Waals surface area (Å²) in [6.45, 7) is 0.634. The first-order valence-corrected chi connectivity index (χ1v) is 11.2. The van der Waals surface area contributed by atoms with Crippen LogP contribution in [-0.4, -0.2) is 34.7 Å². The Balaban J connectivity index is 1.30. The second-order valence-electron chi connectivity index (χ2n) is 7.91. The Morgan fingerprint density at radius 3 is 2.53 bits per heavy atom. The van der Waals surface area contributed by atoms with Gasteiger partial charge in [0.1, 0.15) is 11.6 Å². The topological polar surface area (TPSA) is 105 Å². The van der Waals surface area contributed by atoms with E-state index in [1.54, 1.807) is 30.5 Å². The lowest BCUT2D eigenvalue weighted by atomic mass is 10.2. The van der Waals surface area contributed by atoms with Gasteiger partial charge >= 0.3 is 0 Å². The number of fused-ring (bicyclic) bond motifs is 1. The number of rotatable bonds is 10. The Morgan fingerprint density at radius 1 is 1.03 bits per heavy atom. The second kappa shape index (κ2) is 11.3. The van der Waals surface area contributed by atoms with Crippen molar-refractivity contribution >= 4 is 16.8 Å². The SMILES string of the molecule is COc1cc2ncn(CCCC(=O)NCc3ccnc(Oc4ccc(F)cc4)c3)c(=O)c2cc1OC. The van der Waals surface area contributed by atoms with E-state index in [9.17, 15) is 14.0 Å². The molecule has 2 heterocycles. The number of aryl methyl sites for hydroxylation is 1. The van der Waals surface area contributed by atoms with E-state index in [1.165, 1.54) is 49.4 Å². The maximum atomic E-state index is 13.0. The van der Waals surface area contributed by atoms with Crippen molar-refractivity contribution in [1.29, 1.82) is 0 Å². The number of methoxy groups -OCH3 is 2. The number of carbonyl (C=O) groups is 1. The van der Waals surface area contributed by atoms with Crippen molar-refractivity contribution < 1.29 is 23.4 Å². The molecule has 0 radical (unpaired) electrons. The Kier molecular flexibility index (Phi) is 7.74. The van der Waals surface area contributed by atoms with Crippen LogP contribution in [0.4, 0.5) is 4.39 Å². The minimum absolute atomic E-state index is 0.152. The Hall–Kier alpha value is -4.47. The van der Waals surface area contributed by atoms with Gasteiger partial charge in [0.25, 0.3) is 5.56 Å². The monoisotopic (exact) mass is 492 g/mol. The van der Waals surface area contributed by atoms with E-state index >= 15 is 0 Å². The summed E-state index contributed by atoms with van der Waals surface area (Å²) < 4.78 is 30.7. The third kappa shape index (κ3) is 5.96. The summed E-state index contributed by atoms with van der Waals surface area (Å²) in [5.74, 6) is 1.24. The van der Waals surface area contributed by atoms with E-state index in [0.717, 1.165) is 5.56 Å². The highest BCUT2D eigenvalue weighted by molar-refractivity contribution is 5.81. The molecule has 0 unspecified atom stereocenters. The van der Waals surface area contributed by atoms with Gasteiger partial charge in [-0.3, -0.25) is 14.2 Å². The number of benzene rings is 2. The normalized spacial score (nSPS) is 10.8. The lowest BCUT2D eigenvalue weighted by Crippen LogP contribution is -2.24. The molecule has 0 saturated carbocycles. The van der Waals surface area contributed by atoms with E-state index in [2.05, 4.69) is 15.3 Å². The van der Waals surface area contributed by atoms with Crippen molar-refractivity contribution in [2.24, 2.45) is 0 Å². The van der Waals surface area contributed by atoms with Crippen molar-refractivity contribution in [3.8, 4) is 23.1 Å². The Bertz CT molecular complexity index is 1420. The van der Waals surface area contributed by atoms with Gasteiger partial charge in [0.15, 0.2) is 11.5 Å². The smallest absolute Gasteiger partial charge is 0.261 e. The molecule has 2 aromatic carbocycles. The van der Waals surface area contributed by atoms with Gasteiger partial charge in [0, 0.05) is 37.8 Å². The fourth-order valence-corrected chi connectivity index (χ4v) is 3.58. The van der Waals surface area contributed by atoms with Crippen LogP contribution < -0.4 is 25.1 Å². The van der Waals surface area contributed by atoms with Crippen LogP contribution in [0.1, 0.15) is 18.4 Å². The average Bonchev–Trinajstić information content (AvgIpc) is 2.89. The van der Waals surface area contributed by atoms with Crippen LogP contribution in [0.15, 0.2) is 65.8 Å². The molecule has 2 aromatic heterocycles. The molecule has 0 atom stereocenters. The molecule has 36 heavy (non-hydrogen) atoms. The summed E-state index contributed by atoms with van der Waals surface area (Å²) in [7, 11) is 3.02. The Labute approximate surface area is 206 Å². The van der Waals surface area contributed by atoms with Gasteiger partial charge in [-0.25, -0.2) is 14.4 Å². The van der Waals surface area contributed by atoms with E-state index in [4.69, 9.17) is 14.2 Å². The zero-order valence-corrected chi connectivity index (χ0v) is 19.9. The predicted molar refractivity (Wildman–Crippen MR) is 131 cm³/mol. The van der Waals surface area contributed by atoms with Gasteiger partial charge in [0.2, 0.25) is 11.8 Å². The highest BCUT2D eigenvalue weighted by Gasteiger charge is 2.11. The van der Waals surface area contributed by atoms with E-state index in [0.29, 0.717) is 53.5 Å². The molecule has 4 rings (SSSR count). The summed E-state index contributed by atoms with van der Waals surface area (Å²) >= 11 is 0. The first-order valence-electron chi connectivity index (χ1n) is 11.2. The molecule has 0 aliphatic rings. The molecule has 4 aromatic rings. The molecular formula is C26H25FN4O5. The van der Waals surface area contributed by atoms with E-state index in [-0.39, 0.29) is 23.7 Å². The molecule has 0 spiro atoms. The van der Waals surface area contributed by atoms with Crippen molar-refractivity contribution in [2.75, 3.05) is 14.2 Å². The highest BCUT2D eigenvalue weighted by atomic mass is 19.1. The van der Waals surface area contributed by atoms with Crippen LogP contribution in [0.2, 0.25) is 0 Å². The highest BCUT2D eigenvalue weighted by Crippen LogP contribution is 2.29. The first kappa shape index (κ1) is 24.6. The van der Waals surface area contributed by atoms with Crippen molar-refractivity contribution in [3.05, 3.63) is 82.8 Å². The minimum atomic E-state index is -0.352. The van der Waals surface area contributed by atoms with Gasteiger partial charge in [-0.15, -0.1) is 0 Å². The third-order valence-corrected chi connectivity index (χ3v) is 5.46. The standard InChI is InChI=1S/C26H25FN4O5/c1-34-22-13-20-21(14-23(22)35-2)30-16-31(26(20)33)11-3-4-24(32)29-15-17-9-10-28-25(12-17)36-19-7-5-18(27)6-8-19/h5-10,12-14,16H,3-4,11,15H2,1-2H3,(H,29,32). The first-order chi connectivity index (χ1) is 17.5. The molecule has 1 amide bonds. The zero-order valence-electron chi connectivity index (χ0n) is 19.9. The van der Waals surface area contributed by atoms with E-state index < -0.39 is 0 Å². The van der Waals surface area contributed by atoms with Crippen molar-refractivity contribution in [3.63, 3.8) is 0 Å². The van der Waals surface area contributed by atoms with Gasteiger partial charge in [-0.1, -0.05) is 0 Å². The molecule has 186 valence electrons. The number of nitrogens with zero attached hydrogens (tertiary/aromatic N) is 3. The van der Waals surface area contributed by atoms with Gasteiger partial charge < -0.3 is 19.5 Å². The van der Waals surface area contributed by atoms with Crippen LogP contribution in [0.5, 0.6) is 23.1 Å². The van der Waals surface area contributed by atoms with Crippen LogP contribution in [0.3, 0.4) is 0 Å². The zero-order chi connectivity index (χ0) is 25.5. The average molecular weight is 493 g/mol. The fourth-order valence-electron chi connectivity index (χ4n) is 3.58. The molecule has 0 aliphatic carbocycles. The maximum absolute atomic E-state index is 13.0. The quantitative estimate of drug-likeness (QED) is 0.359. The summed E-state index contributed by atoms with van der Waals surface area (Å²) in [6, 6.07) is 12.3. The Morgan fingerprint density at radius 2 is 1.78 bits per heavy atom. The molecule has 1 N–H and O–H groups in total. The summed E-state index contributed by atoms with van der Waals surface area (Å²) in [6.07, 6.45) is 3.74. The molecule has 0 aliphatic heterocycles. The number of amides is 1. The predicted octanol–water partition coefficient (Wildman–Crippen LogP) is 3.84. The maximum Gasteiger partial charge on any atom is 0.261 e.